The first-order valence-electron chi connectivity index (χ1n) is 7.09. The number of hydrogen-bond acceptors (Lipinski definition) is 6. The molecule has 2 N–H and O–H groups in total. The van der Waals surface area contributed by atoms with Gasteiger partial charge in [-0.1, -0.05) is 0 Å². The van der Waals surface area contributed by atoms with E-state index in [2.05, 4.69) is 15.3 Å². The van der Waals surface area contributed by atoms with Gasteiger partial charge < -0.3 is 19.9 Å². The number of nitrogens with one attached hydrogen (secondary N) is 1. The van der Waals surface area contributed by atoms with Gasteiger partial charge in [-0.2, -0.15) is 4.98 Å². The molecule has 0 bridgehead atoms. The summed E-state index contributed by atoms with van der Waals surface area (Å²) in [5, 5.41) is 14.1. The molecule has 0 unspecified atom stereocenters. The lowest BCUT2D eigenvalue weighted by atomic mass is 9.78. The fraction of sp³-hybridized carbons (Fsp3) is 0.714. The van der Waals surface area contributed by atoms with Crippen molar-refractivity contribution in [3.8, 4) is 5.88 Å². The summed E-state index contributed by atoms with van der Waals surface area (Å²) in [5.74, 6) is 1.09. The monoisotopic (exact) mass is 279 g/mol. The Hall–Kier alpha value is -1.40. The molecule has 20 heavy (non-hydrogen) atoms. The zero-order chi connectivity index (χ0) is 14.1. The Bertz CT molecular complexity index is 470. The van der Waals surface area contributed by atoms with Crippen molar-refractivity contribution in [3.63, 3.8) is 0 Å². The quantitative estimate of drug-likeness (QED) is 0.844. The van der Waals surface area contributed by atoms with Gasteiger partial charge >= 0.3 is 0 Å². The molecule has 1 aromatic heterocycles. The summed E-state index contributed by atoms with van der Waals surface area (Å²) >= 11 is 0. The Morgan fingerprint density at radius 2 is 2.10 bits per heavy atom. The Kier molecular flexibility index (Phi) is 3.52. The van der Waals surface area contributed by atoms with Gasteiger partial charge in [0.1, 0.15) is 0 Å². The fourth-order valence-corrected chi connectivity index (χ4v) is 2.99. The Morgan fingerprint density at radius 3 is 2.75 bits per heavy atom. The van der Waals surface area contributed by atoms with Crippen molar-refractivity contribution < 1.29 is 14.6 Å². The van der Waals surface area contributed by atoms with Crippen LogP contribution in [0.25, 0.3) is 0 Å². The predicted molar refractivity (Wildman–Crippen MR) is 73.7 cm³/mol. The van der Waals surface area contributed by atoms with E-state index in [9.17, 15) is 5.11 Å². The lowest BCUT2D eigenvalue weighted by Gasteiger charge is -2.39. The number of rotatable bonds is 5. The molecule has 3 rings (SSSR count). The van der Waals surface area contributed by atoms with E-state index in [0.717, 1.165) is 12.8 Å². The molecule has 0 atom stereocenters. The molecule has 110 valence electrons. The summed E-state index contributed by atoms with van der Waals surface area (Å²) in [6.07, 6.45) is 5.18. The number of ether oxygens (including phenoxy) is 2. The molecule has 0 amide bonds. The van der Waals surface area contributed by atoms with Gasteiger partial charge in [0.2, 0.25) is 11.8 Å². The summed E-state index contributed by atoms with van der Waals surface area (Å²) in [6.45, 7) is 1.98. The number of hydrogen-bond donors (Lipinski definition) is 2. The van der Waals surface area contributed by atoms with Crippen LogP contribution in [-0.2, 0) is 4.74 Å². The second-order valence-electron chi connectivity index (χ2n) is 5.70. The van der Waals surface area contributed by atoms with Gasteiger partial charge in [0.25, 0.3) is 0 Å². The van der Waals surface area contributed by atoms with E-state index in [4.69, 9.17) is 9.47 Å². The van der Waals surface area contributed by atoms with E-state index in [1.807, 2.05) is 0 Å². The van der Waals surface area contributed by atoms with Gasteiger partial charge in [-0.3, -0.25) is 0 Å². The zero-order valence-electron chi connectivity index (χ0n) is 11.8. The van der Waals surface area contributed by atoms with Crippen molar-refractivity contribution in [1.29, 1.82) is 0 Å². The molecule has 1 aliphatic heterocycles. The molecular weight excluding hydrogens is 258 g/mol. The average molecular weight is 279 g/mol. The molecule has 2 aliphatic rings. The Morgan fingerprint density at radius 1 is 1.35 bits per heavy atom. The van der Waals surface area contributed by atoms with Gasteiger partial charge in [0.05, 0.1) is 12.7 Å². The number of aromatic nitrogens is 2. The number of aliphatic hydroxyl groups is 1. The van der Waals surface area contributed by atoms with Crippen LogP contribution in [0.4, 0.5) is 5.95 Å². The molecule has 1 saturated heterocycles. The van der Waals surface area contributed by atoms with Crippen LogP contribution in [0.2, 0.25) is 0 Å². The summed E-state index contributed by atoms with van der Waals surface area (Å²) in [5.41, 5.74) is -0.666. The molecule has 2 heterocycles. The van der Waals surface area contributed by atoms with Gasteiger partial charge in [0, 0.05) is 50.3 Å². The Labute approximate surface area is 118 Å². The molecule has 0 aromatic carbocycles. The van der Waals surface area contributed by atoms with Crippen molar-refractivity contribution >= 4 is 5.95 Å². The van der Waals surface area contributed by atoms with Crippen LogP contribution in [0.1, 0.15) is 25.7 Å². The molecule has 6 heteroatoms. The summed E-state index contributed by atoms with van der Waals surface area (Å²) in [4.78, 5) is 8.42. The topological polar surface area (TPSA) is 76.5 Å². The van der Waals surface area contributed by atoms with Crippen LogP contribution in [0.5, 0.6) is 5.88 Å². The van der Waals surface area contributed by atoms with Crippen molar-refractivity contribution in [2.75, 3.05) is 32.2 Å². The van der Waals surface area contributed by atoms with Crippen molar-refractivity contribution in [2.24, 2.45) is 5.41 Å². The Balaban J connectivity index is 1.65. The molecular formula is C14H21N3O3. The minimum absolute atomic E-state index is 0.0524. The molecule has 1 aromatic rings. The van der Waals surface area contributed by atoms with Crippen LogP contribution >= 0.6 is 0 Å². The molecule has 0 spiro atoms. The lowest BCUT2D eigenvalue weighted by molar-refractivity contribution is -0.106. The zero-order valence-corrected chi connectivity index (χ0v) is 11.8. The van der Waals surface area contributed by atoms with Crippen LogP contribution in [0.3, 0.4) is 0 Å². The molecule has 1 aliphatic carbocycles. The smallest absolute Gasteiger partial charge is 0.225 e. The van der Waals surface area contributed by atoms with Crippen LogP contribution in [0.15, 0.2) is 12.3 Å². The number of methoxy groups -OCH3 is 1. The third-order valence-electron chi connectivity index (χ3n) is 4.58. The number of nitrogens with zero attached hydrogens (tertiary/aromatic N) is 2. The second kappa shape index (κ2) is 5.18. The van der Waals surface area contributed by atoms with Crippen LogP contribution in [0, 0.1) is 5.41 Å². The van der Waals surface area contributed by atoms with Crippen molar-refractivity contribution in [2.45, 2.75) is 31.3 Å². The van der Waals surface area contributed by atoms with Gasteiger partial charge in [-0.15, -0.1) is 0 Å². The van der Waals surface area contributed by atoms with Crippen molar-refractivity contribution in [1.82, 2.24) is 9.97 Å². The van der Waals surface area contributed by atoms with Crippen LogP contribution < -0.4 is 10.1 Å². The first-order chi connectivity index (χ1) is 9.67. The minimum atomic E-state index is -0.614. The van der Waals surface area contributed by atoms with E-state index in [1.54, 1.807) is 19.4 Å². The first kappa shape index (κ1) is 13.6. The highest BCUT2D eigenvalue weighted by molar-refractivity contribution is 5.29. The van der Waals surface area contributed by atoms with Gasteiger partial charge in [0.15, 0.2) is 0 Å². The van der Waals surface area contributed by atoms with E-state index in [-0.39, 0.29) is 5.41 Å². The SMILES string of the molecule is COc1ccnc(NCC2(C3(O)CCOCC3)CC2)n1. The molecule has 1 saturated carbocycles. The fourth-order valence-electron chi connectivity index (χ4n) is 2.99. The molecule has 2 fully saturated rings. The van der Waals surface area contributed by atoms with E-state index < -0.39 is 5.60 Å². The largest absolute Gasteiger partial charge is 0.481 e. The van der Waals surface area contributed by atoms with Gasteiger partial charge in [-0.05, 0) is 12.8 Å². The molecule has 0 radical (unpaired) electrons. The van der Waals surface area contributed by atoms with Crippen molar-refractivity contribution in [3.05, 3.63) is 12.3 Å². The highest BCUT2D eigenvalue weighted by atomic mass is 16.5. The third-order valence-corrected chi connectivity index (χ3v) is 4.58. The third kappa shape index (κ3) is 2.45. The summed E-state index contributed by atoms with van der Waals surface area (Å²) in [6, 6.07) is 1.71. The van der Waals surface area contributed by atoms with E-state index in [0.29, 0.717) is 44.4 Å². The van der Waals surface area contributed by atoms with E-state index in [1.165, 1.54) is 0 Å². The van der Waals surface area contributed by atoms with Crippen LogP contribution in [-0.4, -0.2) is 47.5 Å². The standard InChI is InChI=1S/C14H21N3O3/c1-19-11-2-7-15-12(17-11)16-10-13(3-4-13)14(18)5-8-20-9-6-14/h2,7,18H,3-6,8-10H2,1H3,(H,15,16,17). The summed E-state index contributed by atoms with van der Waals surface area (Å²) < 4.78 is 10.4. The average Bonchev–Trinajstić information content (AvgIpc) is 3.28. The van der Waals surface area contributed by atoms with Gasteiger partial charge in [-0.25, -0.2) is 4.98 Å². The first-order valence-corrected chi connectivity index (χ1v) is 7.09. The number of anilines is 1. The predicted octanol–water partition coefficient (Wildman–Crippen LogP) is 1.22. The minimum Gasteiger partial charge on any atom is -0.481 e. The highest BCUT2D eigenvalue weighted by Gasteiger charge is 2.58. The lowest BCUT2D eigenvalue weighted by Crippen LogP contribution is -2.47. The maximum atomic E-state index is 10.9. The van der Waals surface area contributed by atoms with E-state index >= 15 is 0 Å². The highest BCUT2D eigenvalue weighted by Crippen LogP contribution is 2.57. The second-order valence-corrected chi connectivity index (χ2v) is 5.70. The normalized spacial score (nSPS) is 23.1. The maximum absolute atomic E-state index is 10.9. The molecule has 6 nitrogen and oxygen atoms in total. The maximum Gasteiger partial charge on any atom is 0.225 e. The summed E-state index contributed by atoms with van der Waals surface area (Å²) in [7, 11) is 1.58.